The smallest absolute Gasteiger partial charge is 0.257 e. The van der Waals surface area contributed by atoms with Crippen molar-refractivity contribution in [2.45, 2.75) is 64.3 Å². The van der Waals surface area contributed by atoms with Gasteiger partial charge in [-0.25, -0.2) is 0 Å². The van der Waals surface area contributed by atoms with Crippen molar-refractivity contribution in [3.8, 4) is 10.8 Å². The van der Waals surface area contributed by atoms with Gasteiger partial charge in [-0.15, -0.1) is 21.5 Å². The topological polar surface area (TPSA) is 96.6 Å². The van der Waals surface area contributed by atoms with Crippen LogP contribution in [0.4, 0.5) is 0 Å². The van der Waals surface area contributed by atoms with E-state index in [0.717, 1.165) is 56.6 Å². The Hall–Kier alpha value is -2.55. The largest absolute Gasteiger partial charge is 0.420 e. The summed E-state index contributed by atoms with van der Waals surface area (Å²) in [6.45, 7) is 3.88. The Balaban J connectivity index is 1.31. The third kappa shape index (κ3) is 5.20. The minimum absolute atomic E-state index is 0.00627. The second kappa shape index (κ2) is 9.72. The van der Waals surface area contributed by atoms with Gasteiger partial charge in [-0.1, -0.05) is 0 Å². The SMILES string of the molecule is CC(=O)c1ccc(-c2nnc(CCC(=O)N3CCCC[C@@H]3CCN3CCCC3=O)o2)s1. The van der Waals surface area contributed by atoms with E-state index in [1.807, 2.05) is 9.80 Å². The van der Waals surface area contributed by atoms with Crippen LogP contribution in [-0.2, 0) is 16.0 Å². The summed E-state index contributed by atoms with van der Waals surface area (Å²) in [7, 11) is 0. The Morgan fingerprint density at radius 1 is 1.19 bits per heavy atom. The third-order valence-corrected chi connectivity index (χ3v) is 7.21. The first kappa shape index (κ1) is 21.7. The second-order valence-electron chi connectivity index (χ2n) is 8.23. The Kier molecular flexibility index (Phi) is 6.80. The summed E-state index contributed by atoms with van der Waals surface area (Å²) in [5.41, 5.74) is 0. The van der Waals surface area contributed by atoms with E-state index >= 15 is 0 Å². The number of carbonyl (C=O) groups is 3. The number of piperidine rings is 1. The fraction of sp³-hybridized carbons (Fsp3) is 0.591. The first-order chi connectivity index (χ1) is 15.0. The summed E-state index contributed by atoms with van der Waals surface area (Å²) in [6, 6.07) is 3.75. The van der Waals surface area contributed by atoms with Crippen LogP contribution in [0.3, 0.4) is 0 Å². The van der Waals surface area contributed by atoms with Gasteiger partial charge in [0.1, 0.15) is 0 Å². The zero-order valence-corrected chi connectivity index (χ0v) is 18.7. The van der Waals surface area contributed by atoms with E-state index in [1.54, 1.807) is 12.1 Å². The minimum Gasteiger partial charge on any atom is -0.420 e. The lowest BCUT2D eigenvalue weighted by molar-refractivity contribution is -0.135. The van der Waals surface area contributed by atoms with Gasteiger partial charge in [-0.2, -0.15) is 0 Å². The molecule has 1 atom stereocenters. The molecule has 0 saturated carbocycles. The molecule has 166 valence electrons. The molecular formula is C22H28N4O4S. The third-order valence-electron chi connectivity index (χ3n) is 6.03. The van der Waals surface area contributed by atoms with Crippen LogP contribution < -0.4 is 0 Å². The van der Waals surface area contributed by atoms with Crippen LogP contribution in [0.1, 0.15) is 67.4 Å². The van der Waals surface area contributed by atoms with Gasteiger partial charge in [-0.05, 0) is 51.2 Å². The first-order valence-electron chi connectivity index (χ1n) is 11.0. The number of aromatic nitrogens is 2. The van der Waals surface area contributed by atoms with Gasteiger partial charge in [0.25, 0.3) is 5.89 Å². The van der Waals surface area contributed by atoms with E-state index in [-0.39, 0.29) is 23.6 Å². The average Bonchev–Trinajstić information content (AvgIpc) is 3.51. The van der Waals surface area contributed by atoms with Crippen molar-refractivity contribution >= 4 is 28.9 Å². The summed E-state index contributed by atoms with van der Waals surface area (Å²) >= 11 is 1.32. The molecule has 9 heteroatoms. The van der Waals surface area contributed by atoms with Gasteiger partial charge >= 0.3 is 0 Å². The molecule has 0 aromatic carbocycles. The molecule has 4 rings (SSSR count). The number of ketones is 1. The molecule has 2 aromatic heterocycles. The predicted molar refractivity (Wildman–Crippen MR) is 116 cm³/mol. The van der Waals surface area contributed by atoms with E-state index < -0.39 is 0 Å². The monoisotopic (exact) mass is 444 g/mol. The lowest BCUT2D eigenvalue weighted by atomic mass is 9.98. The number of thiophene rings is 1. The maximum Gasteiger partial charge on any atom is 0.257 e. The van der Waals surface area contributed by atoms with Gasteiger partial charge in [-0.3, -0.25) is 14.4 Å². The number of amides is 2. The summed E-state index contributed by atoms with van der Waals surface area (Å²) < 4.78 is 5.72. The van der Waals surface area contributed by atoms with Crippen molar-refractivity contribution in [1.82, 2.24) is 20.0 Å². The molecule has 0 bridgehead atoms. The molecule has 31 heavy (non-hydrogen) atoms. The van der Waals surface area contributed by atoms with Crippen LogP contribution in [0.25, 0.3) is 10.8 Å². The zero-order valence-electron chi connectivity index (χ0n) is 17.8. The molecule has 0 aliphatic carbocycles. The molecule has 2 fully saturated rings. The van der Waals surface area contributed by atoms with E-state index in [0.29, 0.717) is 35.9 Å². The highest BCUT2D eigenvalue weighted by Gasteiger charge is 2.28. The summed E-state index contributed by atoms with van der Waals surface area (Å²) in [5.74, 6) is 1.16. The molecule has 0 N–H and O–H groups in total. The molecule has 2 amide bonds. The van der Waals surface area contributed by atoms with Gasteiger partial charge in [0.05, 0.1) is 9.75 Å². The molecule has 0 spiro atoms. The molecule has 2 aliphatic rings. The lowest BCUT2D eigenvalue weighted by Gasteiger charge is -2.36. The Labute approximate surface area is 185 Å². The Morgan fingerprint density at radius 3 is 2.81 bits per heavy atom. The van der Waals surface area contributed by atoms with Crippen LogP contribution in [0.2, 0.25) is 0 Å². The number of hydrogen-bond acceptors (Lipinski definition) is 7. The second-order valence-corrected chi connectivity index (χ2v) is 9.31. The number of nitrogens with zero attached hydrogens (tertiary/aromatic N) is 4. The van der Waals surface area contributed by atoms with Crippen LogP contribution in [0.5, 0.6) is 0 Å². The van der Waals surface area contributed by atoms with Crippen molar-refractivity contribution in [3.05, 3.63) is 22.9 Å². The number of likely N-dealkylation sites (tertiary alicyclic amines) is 2. The zero-order chi connectivity index (χ0) is 21.8. The van der Waals surface area contributed by atoms with Crippen LogP contribution in [0, 0.1) is 0 Å². The maximum atomic E-state index is 12.9. The van der Waals surface area contributed by atoms with Crippen molar-refractivity contribution in [3.63, 3.8) is 0 Å². The maximum absolute atomic E-state index is 12.9. The molecule has 0 radical (unpaired) electrons. The Bertz CT molecular complexity index is 953. The van der Waals surface area contributed by atoms with Gasteiger partial charge < -0.3 is 14.2 Å². The summed E-state index contributed by atoms with van der Waals surface area (Å²) in [5, 5.41) is 8.14. The van der Waals surface area contributed by atoms with E-state index in [1.165, 1.54) is 18.3 Å². The molecule has 2 aliphatic heterocycles. The minimum atomic E-state index is 0.00627. The average molecular weight is 445 g/mol. The fourth-order valence-electron chi connectivity index (χ4n) is 4.33. The molecular weight excluding hydrogens is 416 g/mol. The standard InChI is InChI=1S/C22H28N4O4S/c1-15(27)17-7-8-18(31-17)22-24-23-19(30-22)9-10-21(29)26-13-3-2-5-16(26)11-14-25-12-4-6-20(25)28/h7-8,16H,2-6,9-14H2,1H3/t16-/m1/s1. The van der Waals surface area contributed by atoms with E-state index in [9.17, 15) is 14.4 Å². The quantitative estimate of drug-likeness (QED) is 0.580. The number of carbonyl (C=O) groups excluding carboxylic acids is 3. The summed E-state index contributed by atoms with van der Waals surface area (Å²) in [6.07, 6.45) is 6.30. The van der Waals surface area contributed by atoms with Gasteiger partial charge in [0.2, 0.25) is 17.7 Å². The lowest BCUT2D eigenvalue weighted by Crippen LogP contribution is -2.45. The van der Waals surface area contributed by atoms with Crippen LogP contribution in [0.15, 0.2) is 16.5 Å². The summed E-state index contributed by atoms with van der Waals surface area (Å²) in [4.78, 5) is 41.6. The molecule has 8 nitrogen and oxygen atoms in total. The van der Waals surface area contributed by atoms with Crippen LogP contribution in [-0.4, -0.2) is 63.3 Å². The van der Waals surface area contributed by atoms with Gasteiger partial charge in [0, 0.05) is 44.9 Å². The van der Waals surface area contributed by atoms with Crippen molar-refractivity contribution in [2.75, 3.05) is 19.6 Å². The van der Waals surface area contributed by atoms with Crippen molar-refractivity contribution in [1.29, 1.82) is 0 Å². The number of rotatable bonds is 8. The van der Waals surface area contributed by atoms with E-state index in [2.05, 4.69) is 10.2 Å². The molecule has 0 unspecified atom stereocenters. The van der Waals surface area contributed by atoms with Crippen LogP contribution >= 0.6 is 11.3 Å². The molecule has 4 heterocycles. The number of hydrogen-bond donors (Lipinski definition) is 0. The van der Waals surface area contributed by atoms with Crippen molar-refractivity contribution in [2.24, 2.45) is 0 Å². The highest BCUT2D eigenvalue weighted by atomic mass is 32.1. The number of aryl methyl sites for hydroxylation is 1. The molecule has 2 saturated heterocycles. The van der Waals surface area contributed by atoms with E-state index in [4.69, 9.17) is 4.42 Å². The number of Topliss-reactive ketones (excluding diaryl/α,β-unsaturated/α-hetero) is 1. The van der Waals surface area contributed by atoms with Gasteiger partial charge in [0.15, 0.2) is 5.78 Å². The molecule has 2 aromatic rings. The fourth-order valence-corrected chi connectivity index (χ4v) is 5.15. The Morgan fingerprint density at radius 2 is 2.06 bits per heavy atom. The predicted octanol–water partition coefficient (Wildman–Crippen LogP) is 3.33. The normalized spacial score (nSPS) is 19.3. The highest BCUT2D eigenvalue weighted by molar-refractivity contribution is 7.17. The highest BCUT2D eigenvalue weighted by Crippen LogP contribution is 2.28. The van der Waals surface area contributed by atoms with Crippen molar-refractivity contribution < 1.29 is 18.8 Å². The first-order valence-corrected chi connectivity index (χ1v) is 11.8.